The highest BCUT2D eigenvalue weighted by atomic mass is 19.4. The molecular weight excluding hydrogens is 301 g/mol. The smallest absolute Gasteiger partial charge is 0.422 e. The minimum atomic E-state index is -4.41. The molecule has 0 spiro atoms. The number of aromatic nitrogens is 1. The Balaban J connectivity index is 1.86. The van der Waals surface area contributed by atoms with Crippen LogP contribution in [-0.4, -0.2) is 23.7 Å². The van der Waals surface area contributed by atoms with Gasteiger partial charge in [-0.15, -0.1) is 0 Å². The number of aryl methyl sites for hydroxylation is 1. The van der Waals surface area contributed by atoms with Gasteiger partial charge >= 0.3 is 6.18 Å². The number of nitrogens with one attached hydrogen (secondary N) is 1. The zero-order valence-electron chi connectivity index (χ0n) is 11.6. The third kappa shape index (κ3) is 4.51. The van der Waals surface area contributed by atoms with E-state index in [4.69, 9.17) is 4.42 Å². The number of hydrogen-bond acceptors (Lipinski definition) is 4. The molecule has 22 heavy (non-hydrogen) atoms. The van der Waals surface area contributed by atoms with Crippen LogP contribution in [0.4, 0.5) is 13.2 Å². The molecule has 0 fully saturated rings. The van der Waals surface area contributed by atoms with E-state index in [0.717, 1.165) is 0 Å². The van der Waals surface area contributed by atoms with E-state index in [2.05, 4.69) is 15.0 Å². The molecule has 0 saturated heterocycles. The van der Waals surface area contributed by atoms with Crippen LogP contribution in [-0.2, 0) is 6.54 Å². The molecule has 5 nitrogen and oxygen atoms in total. The van der Waals surface area contributed by atoms with Crippen molar-refractivity contribution in [3.05, 3.63) is 47.5 Å². The third-order valence-electron chi connectivity index (χ3n) is 2.74. The number of rotatable bonds is 5. The molecule has 2 aromatic heterocycles. The Morgan fingerprint density at radius 3 is 2.68 bits per heavy atom. The summed E-state index contributed by atoms with van der Waals surface area (Å²) in [5.41, 5.74) is 1.06. The highest BCUT2D eigenvalue weighted by Crippen LogP contribution is 2.17. The van der Waals surface area contributed by atoms with Gasteiger partial charge < -0.3 is 14.5 Å². The number of amides is 1. The summed E-state index contributed by atoms with van der Waals surface area (Å²) in [7, 11) is 0. The normalized spacial score (nSPS) is 11.3. The number of nitrogens with zero attached hydrogens (tertiary/aromatic N) is 1. The molecule has 118 valence electrons. The first-order chi connectivity index (χ1) is 10.3. The predicted octanol–water partition coefficient (Wildman–Crippen LogP) is 2.85. The second kappa shape index (κ2) is 6.50. The Hall–Kier alpha value is -2.51. The molecule has 0 unspecified atom stereocenters. The average molecular weight is 314 g/mol. The first-order valence-corrected chi connectivity index (χ1v) is 6.32. The lowest BCUT2D eigenvalue weighted by atomic mass is 10.2. The molecule has 0 aliphatic carbocycles. The van der Waals surface area contributed by atoms with Crippen molar-refractivity contribution in [1.29, 1.82) is 0 Å². The minimum Gasteiger partial charge on any atom is -0.469 e. The first kappa shape index (κ1) is 15.9. The Kier molecular flexibility index (Phi) is 4.69. The highest BCUT2D eigenvalue weighted by molar-refractivity contribution is 5.94. The largest absolute Gasteiger partial charge is 0.469 e. The number of furan rings is 1. The van der Waals surface area contributed by atoms with Crippen molar-refractivity contribution in [2.75, 3.05) is 6.61 Å². The van der Waals surface area contributed by atoms with Crippen LogP contribution in [0.3, 0.4) is 0 Å². The molecule has 1 N–H and O–H groups in total. The van der Waals surface area contributed by atoms with Crippen LogP contribution < -0.4 is 10.1 Å². The second-order valence-corrected chi connectivity index (χ2v) is 4.48. The maximum absolute atomic E-state index is 12.0. The van der Waals surface area contributed by atoms with Gasteiger partial charge in [0.15, 0.2) is 6.61 Å². The molecule has 2 rings (SSSR count). The van der Waals surface area contributed by atoms with Crippen LogP contribution >= 0.6 is 0 Å². The fourth-order valence-electron chi connectivity index (χ4n) is 1.65. The summed E-state index contributed by atoms with van der Waals surface area (Å²) in [5.74, 6) is 0.0771. The molecule has 0 saturated carbocycles. The number of carbonyl (C=O) groups is 1. The molecule has 8 heteroatoms. The van der Waals surface area contributed by atoms with Crippen LogP contribution in [0.2, 0.25) is 0 Å². The molecule has 0 atom stereocenters. The molecule has 2 aromatic rings. The van der Waals surface area contributed by atoms with Gasteiger partial charge in [0.1, 0.15) is 5.76 Å². The lowest BCUT2D eigenvalue weighted by molar-refractivity contribution is -0.154. The van der Waals surface area contributed by atoms with Crippen LogP contribution in [0.5, 0.6) is 5.88 Å². The molecule has 2 heterocycles. The van der Waals surface area contributed by atoms with Gasteiger partial charge in [0.25, 0.3) is 5.91 Å². The lowest BCUT2D eigenvalue weighted by Gasteiger charge is -2.09. The summed E-state index contributed by atoms with van der Waals surface area (Å²) in [5, 5.41) is 2.66. The fraction of sp³-hybridized carbons (Fsp3) is 0.286. The van der Waals surface area contributed by atoms with Crippen molar-refractivity contribution in [2.24, 2.45) is 0 Å². The van der Waals surface area contributed by atoms with Gasteiger partial charge in [0, 0.05) is 18.8 Å². The number of halogens is 3. The van der Waals surface area contributed by atoms with E-state index in [1.165, 1.54) is 24.6 Å². The SMILES string of the molecule is Cc1occc1C(=O)NCc1ccc(OCC(F)(F)F)nc1. The van der Waals surface area contributed by atoms with E-state index in [1.807, 2.05) is 0 Å². The number of hydrogen-bond donors (Lipinski definition) is 1. The number of pyridine rings is 1. The Labute approximate surface area is 124 Å². The van der Waals surface area contributed by atoms with Crippen molar-refractivity contribution < 1.29 is 27.1 Å². The minimum absolute atomic E-state index is 0.127. The van der Waals surface area contributed by atoms with Crippen LogP contribution in [0.1, 0.15) is 21.7 Å². The number of carbonyl (C=O) groups excluding carboxylic acids is 1. The van der Waals surface area contributed by atoms with Gasteiger partial charge in [-0.05, 0) is 18.6 Å². The predicted molar refractivity (Wildman–Crippen MR) is 70.4 cm³/mol. The molecule has 0 aliphatic heterocycles. The summed E-state index contributed by atoms with van der Waals surface area (Å²) < 4.78 is 45.5. The van der Waals surface area contributed by atoms with Crippen molar-refractivity contribution >= 4 is 5.91 Å². The molecule has 1 amide bonds. The second-order valence-electron chi connectivity index (χ2n) is 4.48. The standard InChI is InChI=1S/C14H13F3N2O3/c1-9-11(4-5-21-9)13(20)19-7-10-2-3-12(18-6-10)22-8-14(15,16)17/h2-6H,7-8H2,1H3,(H,19,20). The van der Waals surface area contributed by atoms with E-state index in [9.17, 15) is 18.0 Å². The Morgan fingerprint density at radius 1 is 1.36 bits per heavy atom. The summed E-state index contributed by atoms with van der Waals surface area (Å²) in [6.45, 7) is 0.467. The van der Waals surface area contributed by atoms with E-state index in [1.54, 1.807) is 13.0 Å². The van der Waals surface area contributed by atoms with E-state index in [-0.39, 0.29) is 18.3 Å². The van der Waals surface area contributed by atoms with Crippen molar-refractivity contribution in [3.8, 4) is 5.88 Å². The van der Waals surface area contributed by atoms with Crippen LogP contribution in [0.25, 0.3) is 0 Å². The van der Waals surface area contributed by atoms with Gasteiger partial charge in [-0.3, -0.25) is 4.79 Å². The van der Waals surface area contributed by atoms with Crippen molar-refractivity contribution in [2.45, 2.75) is 19.6 Å². The number of ether oxygens (including phenoxy) is 1. The van der Waals surface area contributed by atoms with Gasteiger partial charge in [-0.2, -0.15) is 13.2 Å². The number of alkyl halides is 3. The van der Waals surface area contributed by atoms with Gasteiger partial charge in [-0.1, -0.05) is 6.07 Å². The monoisotopic (exact) mass is 314 g/mol. The molecule has 0 radical (unpaired) electrons. The van der Waals surface area contributed by atoms with Crippen LogP contribution in [0.15, 0.2) is 35.1 Å². The summed E-state index contributed by atoms with van der Waals surface area (Å²) >= 11 is 0. The van der Waals surface area contributed by atoms with Gasteiger partial charge in [0.05, 0.1) is 11.8 Å². The lowest BCUT2D eigenvalue weighted by Crippen LogP contribution is -2.23. The van der Waals surface area contributed by atoms with E-state index in [0.29, 0.717) is 16.9 Å². The zero-order chi connectivity index (χ0) is 16.2. The van der Waals surface area contributed by atoms with Gasteiger partial charge in [-0.25, -0.2) is 4.98 Å². The van der Waals surface area contributed by atoms with Gasteiger partial charge in [0.2, 0.25) is 5.88 Å². The van der Waals surface area contributed by atoms with Crippen molar-refractivity contribution in [1.82, 2.24) is 10.3 Å². The quantitative estimate of drug-likeness (QED) is 0.921. The first-order valence-electron chi connectivity index (χ1n) is 6.32. The molecular formula is C14H13F3N2O3. The molecule has 0 aromatic carbocycles. The summed E-state index contributed by atoms with van der Waals surface area (Å²) in [6, 6.07) is 4.40. The fourth-order valence-corrected chi connectivity index (χ4v) is 1.65. The third-order valence-corrected chi connectivity index (χ3v) is 2.74. The Bertz CT molecular complexity index is 636. The maximum atomic E-state index is 12.0. The topological polar surface area (TPSA) is 64.4 Å². The molecule has 0 bridgehead atoms. The summed E-state index contributed by atoms with van der Waals surface area (Å²) in [6.07, 6.45) is -1.65. The van der Waals surface area contributed by atoms with E-state index >= 15 is 0 Å². The van der Waals surface area contributed by atoms with Crippen LogP contribution in [0, 0.1) is 6.92 Å². The Morgan fingerprint density at radius 2 is 2.14 bits per heavy atom. The molecule has 0 aliphatic rings. The van der Waals surface area contributed by atoms with Crippen molar-refractivity contribution in [3.63, 3.8) is 0 Å². The maximum Gasteiger partial charge on any atom is 0.422 e. The van der Waals surface area contributed by atoms with E-state index < -0.39 is 12.8 Å². The zero-order valence-corrected chi connectivity index (χ0v) is 11.6. The average Bonchev–Trinajstić information content (AvgIpc) is 2.89. The highest BCUT2D eigenvalue weighted by Gasteiger charge is 2.28. The summed E-state index contributed by atoms with van der Waals surface area (Å²) in [4.78, 5) is 15.6.